The Hall–Kier alpha value is -7.39. The van der Waals surface area contributed by atoms with E-state index in [1.165, 1.54) is 16.2 Å². The zero-order valence-corrected chi connectivity index (χ0v) is 45.3. The first-order valence-electron chi connectivity index (χ1n) is 27.4. The number of piperazine rings is 1. The van der Waals surface area contributed by atoms with Crippen LogP contribution in [0.4, 0.5) is 17.2 Å². The highest BCUT2D eigenvalue weighted by Gasteiger charge is 2.45. The minimum absolute atomic E-state index is 0.0293. The Morgan fingerprint density at radius 3 is 2.40 bits per heavy atom. The number of hydrogen-bond acceptors (Lipinski definition) is 18. The molecule has 2 bridgehead atoms. The molecule has 1 saturated carbocycles. The number of phenolic OH excluding ortho intramolecular Hbond substituents is 1. The normalized spacial score (nSPS) is 23.1. The standard InChI is InChI=1S/C57H68N12O8S/c1-32(2)52(57(74)68-30-41(70)24-47(68)55(72)62-33(3)36-9-12-44(60-27-36)53-34(4)61-31-78-53)49-26-51(65-77-49)75-20-16-35-14-18-66(19-15-35)56(73)37-21-42(22-37)76-50-23-38(13-17-59-50)69-39-10-11-40(69)29-67(28-39)46-25-45(63-64-54(46)58)43-7-5-6-8-48(43)71/h5-9,12-13,17,23,25-27,31-33,35,37,39-42,47,52,70-71H,10-11,14-16,18-22,24,28-30H2,1-4H3,(H2,58,64)(H,62,72)/t33-,37?,39?,40?,41+,42?,47-,52-/m0/s1. The highest BCUT2D eigenvalue weighted by atomic mass is 32.1. The second kappa shape index (κ2) is 22.5. The quantitative estimate of drug-likeness (QED) is 0.0722. The molecule has 3 amide bonds. The number of phenols is 1. The molecular weight excluding hydrogens is 1010 g/mol. The fourth-order valence-electron chi connectivity index (χ4n) is 12.1. The number of nitrogens with zero attached hydrogens (tertiary/aromatic N) is 10. The van der Waals surface area contributed by atoms with Crippen molar-refractivity contribution in [3.8, 4) is 39.3 Å². The molecule has 20 nitrogen and oxygen atoms in total. The molecule has 5 aliphatic rings. The van der Waals surface area contributed by atoms with E-state index in [1.54, 1.807) is 36.1 Å². The number of rotatable bonds is 17. The van der Waals surface area contributed by atoms with E-state index < -0.39 is 18.1 Å². The topological polar surface area (TPSA) is 252 Å². The maximum Gasteiger partial charge on any atom is 0.254 e. The lowest BCUT2D eigenvalue weighted by molar-refractivity contribution is -0.143. The number of aliphatic hydroxyl groups excluding tert-OH is 1. The monoisotopic (exact) mass is 1080 g/mol. The number of anilines is 3. The number of nitrogens with two attached hydrogens (primary N) is 1. The Morgan fingerprint density at radius 1 is 0.897 bits per heavy atom. The molecule has 2 unspecified atom stereocenters. The number of nitrogens with one attached hydrogen (secondary N) is 1. The zero-order chi connectivity index (χ0) is 54.2. The first-order valence-corrected chi connectivity index (χ1v) is 28.2. The molecule has 9 heterocycles. The number of aromatic hydroxyl groups is 1. The average Bonchev–Trinajstić information content (AvgIpc) is 4.29. The van der Waals surface area contributed by atoms with Crippen molar-refractivity contribution in [2.45, 2.75) is 121 Å². The summed E-state index contributed by atoms with van der Waals surface area (Å²) in [5.41, 5.74) is 13.8. The van der Waals surface area contributed by atoms with Gasteiger partial charge >= 0.3 is 0 Å². The van der Waals surface area contributed by atoms with Gasteiger partial charge in [-0.05, 0) is 112 Å². The number of carbonyl (C=O) groups excluding carboxylic acids is 3. The predicted molar refractivity (Wildman–Crippen MR) is 293 cm³/mol. The number of carbonyl (C=O) groups is 3. The molecule has 4 saturated heterocycles. The number of pyridine rings is 2. The van der Waals surface area contributed by atoms with Crippen molar-refractivity contribution in [2.75, 3.05) is 54.9 Å². The number of benzene rings is 1. The van der Waals surface area contributed by atoms with Crippen molar-refractivity contribution < 1.29 is 38.6 Å². The first-order chi connectivity index (χ1) is 37.7. The summed E-state index contributed by atoms with van der Waals surface area (Å²) in [6.07, 6.45) is 8.68. The van der Waals surface area contributed by atoms with Crippen LogP contribution in [0.5, 0.6) is 17.5 Å². The van der Waals surface area contributed by atoms with E-state index >= 15 is 0 Å². The number of aryl methyl sites for hydroxylation is 1. The van der Waals surface area contributed by atoms with E-state index in [1.807, 2.05) is 75.1 Å². The van der Waals surface area contributed by atoms with Crippen LogP contribution in [0, 0.1) is 24.7 Å². The smallest absolute Gasteiger partial charge is 0.254 e. The number of aromatic nitrogens is 6. The SMILES string of the molecule is Cc1ncsc1-c1ccc([C@H](C)NC(=O)[C@@H]2C[C@@H](O)CN2C(=O)[C@H](c2cc(OCCC3CCN(C(=O)C4CC(Oc5cc(N6C7CCC6CN(c6cc(-c8ccccc8O)nnc6N)C7)ccn5)C4)CC3)no2)C(C)C)cn1. The minimum Gasteiger partial charge on any atom is -0.507 e. The maximum atomic E-state index is 14.3. The number of amides is 3. The molecule has 5 N–H and O–H groups in total. The van der Waals surface area contributed by atoms with Gasteiger partial charge in [-0.15, -0.1) is 21.5 Å². The highest BCUT2D eigenvalue weighted by Crippen LogP contribution is 2.41. The Morgan fingerprint density at radius 2 is 1.68 bits per heavy atom. The van der Waals surface area contributed by atoms with Gasteiger partial charge < -0.3 is 54.9 Å². The Balaban J connectivity index is 0.610. The zero-order valence-electron chi connectivity index (χ0n) is 44.5. The summed E-state index contributed by atoms with van der Waals surface area (Å²) >= 11 is 1.52. The van der Waals surface area contributed by atoms with Crippen LogP contribution in [0.1, 0.15) is 101 Å². The lowest BCUT2D eigenvalue weighted by Gasteiger charge is -2.43. The summed E-state index contributed by atoms with van der Waals surface area (Å²) in [4.78, 5) is 64.3. The highest BCUT2D eigenvalue weighted by molar-refractivity contribution is 7.13. The lowest BCUT2D eigenvalue weighted by Crippen LogP contribution is -2.54. The van der Waals surface area contributed by atoms with E-state index in [0.717, 1.165) is 78.4 Å². The van der Waals surface area contributed by atoms with E-state index in [2.05, 4.69) is 45.4 Å². The summed E-state index contributed by atoms with van der Waals surface area (Å²) in [7, 11) is 0. The number of β-amino-alcohol motifs (C(OH)–C–C–N with tert-alkyl or cyclic N) is 1. The number of likely N-dealkylation sites (tertiary alicyclic amines) is 2. The van der Waals surface area contributed by atoms with Crippen molar-refractivity contribution in [1.82, 2.24) is 45.4 Å². The van der Waals surface area contributed by atoms with Crippen molar-refractivity contribution in [3.63, 3.8) is 0 Å². The van der Waals surface area contributed by atoms with Crippen LogP contribution < -0.4 is 30.3 Å². The molecule has 21 heteroatoms. The van der Waals surface area contributed by atoms with Crippen molar-refractivity contribution in [2.24, 2.45) is 17.8 Å². The minimum atomic E-state index is -0.862. The third-order valence-electron chi connectivity index (χ3n) is 16.5. The maximum absolute atomic E-state index is 14.3. The van der Waals surface area contributed by atoms with Gasteiger partial charge in [-0.1, -0.05) is 32.0 Å². The summed E-state index contributed by atoms with van der Waals surface area (Å²) in [6.45, 7) is 11.0. The molecule has 11 rings (SSSR count). The molecule has 1 aromatic carbocycles. The molecule has 0 radical (unpaired) electrons. The molecule has 4 aliphatic heterocycles. The van der Waals surface area contributed by atoms with Crippen molar-refractivity contribution in [1.29, 1.82) is 0 Å². The van der Waals surface area contributed by atoms with Crippen LogP contribution in [0.15, 0.2) is 83.1 Å². The molecule has 1 aliphatic carbocycles. The van der Waals surface area contributed by atoms with Crippen LogP contribution in [0.25, 0.3) is 21.8 Å². The van der Waals surface area contributed by atoms with E-state index in [0.29, 0.717) is 67.2 Å². The number of aliphatic hydroxyl groups is 1. The van der Waals surface area contributed by atoms with Crippen molar-refractivity contribution >= 4 is 46.3 Å². The molecule has 410 valence electrons. The van der Waals surface area contributed by atoms with Crippen LogP contribution >= 0.6 is 11.3 Å². The number of piperidine rings is 1. The van der Waals surface area contributed by atoms with Crippen LogP contribution in [0.3, 0.4) is 0 Å². The number of fused-ring (bicyclic) bond motifs is 2. The van der Waals surface area contributed by atoms with E-state index in [4.69, 9.17) is 19.7 Å². The Bertz CT molecular complexity index is 3090. The van der Waals surface area contributed by atoms with Gasteiger partial charge in [0.1, 0.15) is 23.8 Å². The van der Waals surface area contributed by atoms with Gasteiger partial charge in [0, 0.05) is 92.9 Å². The molecule has 6 aromatic rings. The van der Waals surface area contributed by atoms with Crippen LogP contribution in [-0.2, 0) is 14.4 Å². The summed E-state index contributed by atoms with van der Waals surface area (Å²) in [5, 5.41) is 36.9. The molecule has 6 atom stereocenters. The second-order valence-corrected chi connectivity index (χ2v) is 22.9. The number of thiazole rings is 1. The fourth-order valence-corrected chi connectivity index (χ4v) is 12.9. The summed E-state index contributed by atoms with van der Waals surface area (Å²) < 4.78 is 18.2. The summed E-state index contributed by atoms with van der Waals surface area (Å²) in [5.74, 6) is 0.589. The molecule has 5 fully saturated rings. The van der Waals surface area contributed by atoms with Crippen LogP contribution in [0.2, 0.25) is 0 Å². The summed E-state index contributed by atoms with van der Waals surface area (Å²) in [6, 6.07) is 17.9. The number of ether oxygens (including phenoxy) is 2. The van der Waals surface area contributed by atoms with E-state index in [-0.39, 0.29) is 78.4 Å². The number of hydrogen-bond donors (Lipinski definition) is 4. The van der Waals surface area contributed by atoms with Gasteiger partial charge in [0.2, 0.25) is 23.6 Å². The van der Waals surface area contributed by atoms with Gasteiger partial charge in [0.25, 0.3) is 5.88 Å². The lowest BCUT2D eigenvalue weighted by atomic mass is 9.80. The van der Waals surface area contributed by atoms with E-state index in [9.17, 15) is 24.6 Å². The largest absolute Gasteiger partial charge is 0.507 e. The van der Waals surface area contributed by atoms with Gasteiger partial charge in [-0.3, -0.25) is 19.4 Å². The number of nitrogen functional groups attached to an aromatic ring is 1. The first kappa shape index (κ1) is 52.7. The Labute approximate surface area is 457 Å². The van der Waals surface area contributed by atoms with Gasteiger partial charge in [0.15, 0.2) is 11.6 Å². The number of para-hydroxylation sites is 1. The Kier molecular flexibility index (Phi) is 15.2. The molecule has 5 aromatic heterocycles. The molecule has 0 spiro atoms. The van der Waals surface area contributed by atoms with Gasteiger partial charge in [-0.2, -0.15) is 0 Å². The van der Waals surface area contributed by atoms with Gasteiger partial charge in [0.05, 0.1) is 51.9 Å². The van der Waals surface area contributed by atoms with Gasteiger partial charge in [-0.25, -0.2) is 9.97 Å². The average molecular weight is 1080 g/mol. The third kappa shape index (κ3) is 11.0. The predicted octanol–water partition coefficient (Wildman–Crippen LogP) is 6.94. The fraction of sp³-hybridized carbons (Fsp3) is 0.491. The second-order valence-electron chi connectivity index (χ2n) is 22.0. The molecular formula is C57H68N12O8S. The van der Waals surface area contributed by atoms with Crippen LogP contribution in [-0.4, -0.2) is 138 Å². The molecule has 78 heavy (non-hydrogen) atoms. The third-order valence-corrected chi connectivity index (χ3v) is 17.4. The van der Waals surface area contributed by atoms with Crippen molar-refractivity contribution in [3.05, 3.63) is 95.6 Å².